The van der Waals surface area contributed by atoms with Gasteiger partial charge in [-0.2, -0.15) is 0 Å². The molecular weight excluding hydrogens is 520 g/mol. The highest BCUT2D eigenvalue weighted by atomic mass is 19.4. The first-order chi connectivity index (χ1) is 17.9. The van der Waals surface area contributed by atoms with E-state index >= 15 is 0 Å². The molecule has 202 valence electrons. The van der Waals surface area contributed by atoms with Gasteiger partial charge in [0.05, 0.1) is 5.56 Å². The van der Waals surface area contributed by atoms with Crippen molar-refractivity contribution in [2.75, 3.05) is 13.1 Å². The minimum atomic E-state index is -4.84. The van der Waals surface area contributed by atoms with E-state index in [1.54, 1.807) is 12.1 Å². The van der Waals surface area contributed by atoms with Crippen molar-refractivity contribution in [3.05, 3.63) is 89.2 Å². The standard InChI is InChI=1S/C25H21F6N3O4/c26-24(27,28)37-20-7-3-1-5-16(20)11-13-32-22(35)18-9-10-19(34-15-18)23(36)33-14-12-17-6-2-4-8-21(17)38-25(29,30)31/h1-10,15H,11-14H2,(H,32,35)(H,33,36). The number of para-hydroxylation sites is 2. The third-order valence-electron chi connectivity index (χ3n) is 5.01. The molecule has 2 N–H and O–H groups in total. The molecule has 0 spiro atoms. The van der Waals surface area contributed by atoms with Crippen molar-refractivity contribution in [1.82, 2.24) is 15.6 Å². The highest BCUT2D eigenvalue weighted by Gasteiger charge is 2.32. The number of benzene rings is 2. The Kier molecular flexibility index (Phi) is 9.16. The number of hydrogen-bond donors (Lipinski definition) is 2. The summed E-state index contributed by atoms with van der Waals surface area (Å²) in [5.74, 6) is -1.88. The van der Waals surface area contributed by atoms with E-state index in [-0.39, 0.29) is 59.8 Å². The molecule has 0 atom stereocenters. The number of carbonyl (C=O) groups excluding carboxylic acids is 2. The number of rotatable bonds is 10. The molecule has 0 saturated heterocycles. The van der Waals surface area contributed by atoms with Gasteiger partial charge in [0.1, 0.15) is 17.2 Å². The summed E-state index contributed by atoms with van der Waals surface area (Å²) in [7, 11) is 0. The van der Waals surface area contributed by atoms with Crippen LogP contribution in [0.5, 0.6) is 11.5 Å². The molecule has 0 aliphatic heterocycles. The highest BCUT2D eigenvalue weighted by molar-refractivity contribution is 5.96. The van der Waals surface area contributed by atoms with Crippen molar-refractivity contribution in [2.45, 2.75) is 25.6 Å². The predicted molar refractivity (Wildman–Crippen MR) is 123 cm³/mol. The zero-order valence-electron chi connectivity index (χ0n) is 19.5. The van der Waals surface area contributed by atoms with Crippen LogP contribution in [0.15, 0.2) is 66.9 Å². The Hall–Kier alpha value is -4.29. The molecule has 0 aliphatic carbocycles. The maximum Gasteiger partial charge on any atom is 0.573 e. The normalized spacial score (nSPS) is 11.5. The number of nitrogens with zero attached hydrogens (tertiary/aromatic N) is 1. The summed E-state index contributed by atoms with van der Waals surface area (Å²) in [5, 5.41) is 5.08. The van der Waals surface area contributed by atoms with Crippen LogP contribution >= 0.6 is 0 Å². The van der Waals surface area contributed by atoms with E-state index in [0.717, 1.165) is 6.20 Å². The van der Waals surface area contributed by atoms with Crippen LogP contribution in [0.25, 0.3) is 0 Å². The maximum atomic E-state index is 12.5. The Morgan fingerprint density at radius 2 is 1.16 bits per heavy atom. The van der Waals surface area contributed by atoms with E-state index in [9.17, 15) is 35.9 Å². The van der Waals surface area contributed by atoms with Gasteiger partial charge in [-0.1, -0.05) is 36.4 Å². The second-order valence-corrected chi connectivity index (χ2v) is 7.75. The largest absolute Gasteiger partial charge is 0.573 e. The lowest BCUT2D eigenvalue weighted by Crippen LogP contribution is -2.28. The summed E-state index contributed by atoms with van der Waals surface area (Å²) < 4.78 is 83.1. The molecule has 0 fully saturated rings. The third-order valence-corrected chi connectivity index (χ3v) is 5.01. The van der Waals surface area contributed by atoms with Crippen LogP contribution in [0.2, 0.25) is 0 Å². The van der Waals surface area contributed by atoms with Crippen LogP contribution in [0.4, 0.5) is 26.3 Å². The molecule has 1 heterocycles. The van der Waals surface area contributed by atoms with Crippen LogP contribution in [-0.4, -0.2) is 42.6 Å². The van der Waals surface area contributed by atoms with E-state index in [0.29, 0.717) is 0 Å². The molecule has 0 aliphatic rings. The van der Waals surface area contributed by atoms with Crippen LogP contribution < -0.4 is 20.1 Å². The Morgan fingerprint density at radius 1 is 0.684 bits per heavy atom. The second kappa shape index (κ2) is 12.3. The maximum absolute atomic E-state index is 12.5. The lowest BCUT2D eigenvalue weighted by molar-refractivity contribution is -0.275. The third kappa shape index (κ3) is 8.98. The van der Waals surface area contributed by atoms with Gasteiger partial charge in [0.25, 0.3) is 11.8 Å². The number of pyridine rings is 1. The number of nitrogens with one attached hydrogen (secondary N) is 2. The number of ether oxygens (including phenoxy) is 2. The van der Waals surface area contributed by atoms with Crippen molar-refractivity contribution in [3.8, 4) is 11.5 Å². The Balaban J connectivity index is 1.49. The van der Waals surface area contributed by atoms with Crippen molar-refractivity contribution in [2.24, 2.45) is 0 Å². The molecule has 0 saturated carbocycles. The number of halogens is 6. The Morgan fingerprint density at radius 3 is 1.61 bits per heavy atom. The summed E-state index contributed by atoms with van der Waals surface area (Å²) in [6.07, 6.45) is -8.40. The van der Waals surface area contributed by atoms with Gasteiger partial charge in [-0.3, -0.25) is 14.6 Å². The van der Waals surface area contributed by atoms with E-state index in [2.05, 4.69) is 25.1 Å². The Bertz CT molecular complexity index is 1150. The lowest BCUT2D eigenvalue weighted by atomic mass is 10.1. The van der Waals surface area contributed by atoms with Crippen LogP contribution in [0.1, 0.15) is 32.0 Å². The van der Waals surface area contributed by atoms with Gasteiger partial charge < -0.3 is 20.1 Å². The first kappa shape index (κ1) is 28.3. The minimum Gasteiger partial charge on any atom is -0.406 e. The van der Waals surface area contributed by atoms with Crippen molar-refractivity contribution >= 4 is 11.8 Å². The molecule has 0 bridgehead atoms. The smallest absolute Gasteiger partial charge is 0.406 e. The molecule has 2 aromatic carbocycles. The molecule has 7 nitrogen and oxygen atoms in total. The molecular formula is C25H21F6N3O4. The minimum absolute atomic E-state index is 0.000504. The van der Waals surface area contributed by atoms with Crippen molar-refractivity contribution < 1.29 is 45.4 Å². The van der Waals surface area contributed by atoms with Gasteiger partial charge >= 0.3 is 12.7 Å². The first-order valence-electron chi connectivity index (χ1n) is 11.1. The molecule has 2 amide bonds. The Labute approximate surface area is 212 Å². The summed E-state index contributed by atoms with van der Waals surface area (Å²) in [6, 6.07) is 13.7. The van der Waals surface area contributed by atoms with E-state index in [4.69, 9.17) is 0 Å². The number of aromatic nitrogens is 1. The van der Waals surface area contributed by atoms with E-state index in [1.807, 2.05) is 0 Å². The molecule has 1 aromatic heterocycles. The number of amides is 2. The van der Waals surface area contributed by atoms with Gasteiger partial charge in [0.2, 0.25) is 0 Å². The van der Waals surface area contributed by atoms with Crippen molar-refractivity contribution in [3.63, 3.8) is 0 Å². The average Bonchev–Trinajstić information content (AvgIpc) is 2.84. The SMILES string of the molecule is O=C(NCCc1ccccc1OC(F)(F)F)c1ccc(C(=O)NCCc2ccccc2OC(F)(F)F)nc1. The first-order valence-corrected chi connectivity index (χ1v) is 11.1. The quantitative estimate of drug-likeness (QED) is 0.359. The van der Waals surface area contributed by atoms with Crippen LogP contribution in [0.3, 0.4) is 0 Å². The van der Waals surface area contributed by atoms with Gasteiger partial charge in [-0.15, -0.1) is 26.3 Å². The summed E-state index contributed by atoms with van der Waals surface area (Å²) in [5.41, 5.74) is 0.583. The zero-order valence-corrected chi connectivity index (χ0v) is 19.5. The second-order valence-electron chi connectivity index (χ2n) is 7.75. The summed E-state index contributed by atoms with van der Waals surface area (Å²) >= 11 is 0. The molecule has 0 radical (unpaired) electrons. The molecule has 13 heteroatoms. The van der Waals surface area contributed by atoms with Gasteiger partial charge in [0, 0.05) is 19.3 Å². The number of alkyl halides is 6. The topological polar surface area (TPSA) is 89.5 Å². The van der Waals surface area contributed by atoms with E-state index in [1.165, 1.54) is 48.5 Å². The highest BCUT2D eigenvalue weighted by Crippen LogP contribution is 2.27. The fourth-order valence-corrected chi connectivity index (χ4v) is 3.35. The van der Waals surface area contributed by atoms with E-state index < -0.39 is 24.5 Å². The average molecular weight is 541 g/mol. The molecule has 38 heavy (non-hydrogen) atoms. The zero-order chi connectivity index (χ0) is 27.8. The van der Waals surface area contributed by atoms with Crippen molar-refractivity contribution in [1.29, 1.82) is 0 Å². The van der Waals surface area contributed by atoms with Gasteiger partial charge in [-0.05, 0) is 48.2 Å². The molecule has 3 rings (SSSR count). The molecule has 0 unspecified atom stereocenters. The van der Waals surface area contributed by atoms with Crippen LogP contribution in [-0.2, 0) is 12.8 Å². The number of carbonyl (C=O) groups is 2. The monoisotopic (exact) mass is 541 g/mol. The van der Waals surface area contributed by atoms with Gasteiger partial charge in [0.15, 0.2) is 0 Å². The lowest BCUT2D eigenvalue weighted by Gasteiger charge is -2.13. The predicted octanol–water partition coefficient (Wildman–Crippen LogP) is 4.82. The fraction of sp³-hybridized carbons (Fsp3) is 0.240. The van der Waals surface area contributed by atoms with Gasteiger partial charge in [-0.25, -0.2) is 0 Å². The summed E-state index contributed by atoms with van der Waals surface area (Å²) in [4.78, 5) is 28.6. The molecule has 3 aromatic rings. The number of hydrogen-bond acceptors (Lipinski definition) is 5. The summed E-state index contributed by atoms with van der Waals surface area (Å²) in [6.45, 7) is 0.0132. The van der Waals surface area contributed by atoms with Crippen LogP contribution in [0, 0.1) is 0 Å². The fourth-order valence-electron chi connectivity index (χ4n) is 3.35.